The summed E-state index contributed by atoms with van der Waals surface area (Å²) >= 11 is 0. The first-order valence-electron chi connectivity index (χ1n) is 6.17. The molecule has 0 aliphatic heterocycles. The second-order valence-corrected chi connectivity index (χ2v) is 4.40. The van der Waals surface area contributed by atoms with Gasteiger partial charge < -0.3 is 21.1 Å². The number of carbonyl (C=O) groups is 2. The van der Waals surface area contributed by atoms with Gasteiger partial charge in [0.25, 0.3) is 0 Å². The summed E-state index contributed by atoms with van der Waals surface area (Å²) in [7, 11) is 1.51. The fraction of sp³-hybridized carbons (Fsp3) is 0.385. The van der Waals surface area contributed by atoms with Crippen LogP contribution in [0.25, 0.3) is 0 Å². The van der Waals surface area contributed by atoms with E-state index < -0.39 is 11.8 Å². The Morgan fingerprint density at radius 2 is 2.10 bits per heavy atom. The molecule has 20 heavy (non-hydrogen) atoms. The number of amides is 1. The molecular formula is C13H18FN3O3. The van der Waals surface area contributed by atoms with Gasteiger partial charge in [-0.15, -0.1) is 0 Å². The molecule has 6 nitrogen and oxygen atoms in total. The summed E-state index contributed by atoms with van der Waals surface area (Å²) in [6.45, 7) is 2.39. The minimum atomic E-state index is -1.24. The van der Waals surface area contributed by atoms with Crippen molar-refractivity contribution in [3.63, 3.8) is 0 Å². The highest BCUT2D eigenvalue weighted by Crippen LogP contribution is 2.24. The maximum Gasteiger partial charge on any atom is 0.337 e. The van der Waals surface area contributed by atoms with Crippen LogP contribution in [0.5, 0.6) is 0 Å². The number of nitrogen functional groups attached to an aromatic ring is 1. The molecule has 0 fully saturated rings. The molecule has 1 aromatic carbocycles. The summed E-state index contributed by atoms with van der Waals surface area (Å²) < 4.78 is 13.8. The Kier molecular flexibility index (Phi) is 5.31. The van der Waals surface area contributed by atoms with Crippen LogP contribution in [0.3, 0.4) is 0 Å². The predicted octanol–water partition coefficient (Wildman–Crippen LogP) is 1.07. The normalized spacial score (nSPS) is 10.2. The summed E-state index contributed by atoms with van der Waals surface area (Å²) in [5.41, 5.74) is 5.11. The monoisotopic (exact) mass is 283 g/mol. The van der Waals surface area contributed by atoms with Gasteiger partial charge in [-0.05, 0) is 18.6 Å². The van der Waals surface area contributed by atoms with Crippen molar-refractivity contribution in [2.24, 2.45) is 0 Å². The molecule has 0 heterocycles. The van der Waals surface area contributed by atoms with E-state index in [-0.39, 0.29) is 29.4 Å². The molecule has 4 N–H and O–H groups in total. The number of carboxylic acid groups (broad SMARTS) is 1. The Balaban J connectivity index is 2.92. The number of carboxylic acids is 1. The Labute approximate surface area is 116 Å². The van der Waals surface area contributed by atoms with Gasteiger partial charge in [0, 0.05) is 19.3 Å². The van der Waals surface area contributed by atoms with Crippen molar-refractivity contribution in [1.29, 1.82) is 0 Å². The lowest BCUT2D eigenvalue weighted by molar-refractivity contribution is -0.119. The third-order valence-corrected chi connectivity index (χ3v) is 2.71. The van der Waals surface area contributed by atoms with Gasteiger partial charge in [-0.3, -0.25) is 4.79 Å². The van der Waals surface area contributed by atoms with Crippen LogP contribution >= 0.6 is 0 Å². The topological polar surface area (TPSA) is 95.7 Å². The number of anilines is 2. The number of nitrogens with zero attached hydrogens (tertiary/aromatic N) is 1. The number of aromatic carboxylic acids is 1. The molecule has 1 aromatic rings. The number of benzene rings is 1. The number of hydrogen-bond donors (Lipinski definition) is 3. The van der Waals surface area contributed by atoms with Gasteiger partial charge in [0.05, 0.1) is 17.8 Å². The minimum Gasteiger partial charge on any atom is -0.478 e. The van der Waals surface area contributed by atoms with Crippen LogP contribution in [-0.2, 0) is 4.79 Å². The van der Waals surface area contributed by atoms with Crippen molar-refractivity contribution in [2.45, 2.75) is 13.3 Å². The van der Waals surface area contributed by atoms with E-state index in [4.69, 9.17) is 10.8 Å². The quantitative estimate of drug-likeness (QED) is 0.679. The van der Waals surface area contributed by atoms with E-state index in [9.17, 15) is 14.0 Å². The third-order valence-electron chi connectivity index (χ3n) is 2.71. The molecule has 1 amide bonds. The lowest BCUT2D eigenvalue weighted by atomic mass is 10.1. The van der Waals surface area contributed by atoms with Crippen molar-refractivity contribution in [3.05, 3.63) is 23.5 Å². The highest BCUT2D eigenvalue weighted by Gasteiger charge is 2.17. The van der Waals surface area contributed by atoms with Gasteiger partial charge in [-0.1, -0.05) is 6.92 Å². The van der Waals surface area contributed by atoms with Gasteiger partial charge in [-0.25, -0.2) is 9.18 Å². The van der Waals surface area contributed by atoms with E-state index in [0.717, 1.165) is 18.6 Å². The number of nitrogens with one attached hydrogen (secondary N) is 1. The highest BCUT2D eigenvalue weighted by atomic mass is 19.1. The van der Waals surface area contributed by atoms with E-state index in [1.165, 1.54) is 11.9 Å². The average molecular weight is 283 g/mol. The van der Waals surface area contributed by atoms with E-state index in [1.807, 2.05) is 6.92 Å². The van der Waals surface area contributed by atoms with Gasteiger partial charge in [-0.2, -0.15) is 0 Å². The first-order valence-corrected chi connectivity index (χ1v) is 6.17. The van der Waals surface area contributed by atoms with E-state index in [0.29, 0.717) is 6.54 Å². The molecular weight excluding hydrogens is 265 g/mol. The number of halogens is 1. The molecule has 0 bridgehead atoms. The largest absolute Gasteiger partial charge is 0.478 e. The molecule has 0 spiro atoms. The maximum absolute atomic E-state index is 13.8. The standard InChI is InChI=1S/C13H18FN3O3/c1-3-4-16-12(18)7-17(2)11-5-8(13(19)20)10(15)6-9(11)14/h5-6H,3-4,7,15H2,1-2H3,(H,16,18)(H,19,20). The van der Waals surface area contributed by atoms with Gasteiger partial charge in [0.2, 0.25) is 5.91 Å². The van der Waals surface area contributed by atoms with Crippen molar-refractivity contribution in [3.8, 4) is 0 Å². The smallest absolute Gasteiger partial charge is 0.337 e. The Hall–Kier alpha value is -2.31. The highest BCUT2D eigenvalue weighted by molar-refractivity contribution is 5.95. The lowest BCUT2D eigenvalue weighted by Crippen LogP contribution is -2.35. The fourth-order valence-electron chi connectivity index (χ4n) is 1.68. The summed E-state index contributed by atoms with van der Waals surface area (Å²) in [5, 5.41) is 11.6. The number of rotatable bonds is 6. The van der Waals surface area contributed by atoms with Crippen LogP contribution in [0.4, 0.5) is 15.8 Å². The Morgan fingerprint density at radius 3 is 2.65 bits per heavy atom. The van der Waals surface area contributed by atoms with Crippen LogP contribution in [0.2, 0.25) is 0 Å². The van der Waals surface area contributed by atoms with E-state index in [1.54, 1.807) is 0 Å². The van der Waals surface area contributed by atoms with Crippen LogP contribution in [0.15, 0.2) is 12.1 Å². The SMILES string of the molecule is CCCNC(=O)CN(C)c1cc(C(=O)O)c(N)cc1F. The van der Waals surface area contributed by atoms with Crippen molar-refractivity contribution >= 4 is 23.3 Å². The molecule has 0 aromatic heterocycles. The second-order valence-electron chi connectivity index (χ2n) is 4.40. The molecule has 0 saturated heterocycles. The summed E-state index contributed by atoms with van der Waals surface area (Å²) in [6.07, 6.45) is 0.800. The molecule has 0 atom stereocenters. The molecule has 0 unspecified atom stereocenters. The fourth-order valence-corrected chi connectivity index (χ4v) is 1.68. The maximum atomic E-state index is 13.8. The van der Waals surface area contributed by atoms with Crippen LogP contribution in [-0.4, -0.2) is 37.1 Å². The van der Waals surface area contributed by atoms with Crippen molar-refractivity contribution in [1.82, 2.24) is 5.32 Å². The lowest BCUT2D eigenvalue weighted by Gasteiger charge is -2.20. The zero-order valence-electron chi connectivity index (χ0n) is 11.4. The van der Waals surface area contributed by atoms with Gasteiger partial charge in [0.15, 0.2) is 0 Å². The summed E-state index contributed by atoms with van der Waals surface area (Å²) in [6, 6.07) is 2.07. The van der Waals surface area contributed by atoms with Gasteiger partial charge in [0.1, 0.15) is 5.82 Å². The molecule has 0 aliphatic rings. The van der Waals surface area contributed by atoms with E-state index >= 15 is 0 Å². The van der Waals surface area contributed by atoms with Crippen LogP contribution in [0.1, 0.15) is 23.7 Å². The molecule has 110 valence electrons. The molecule has 1 rings (SSSR count). The second kappa shape index (κ2) is 6.74. The first-order chi connectivity index (χ1) is 9.36. The minimum absolute atomic E-state index is 0.0169. The zero-order valence-corrected chi connectivity index (χ0v) is 11.4. The number of hydrogen-bond acceptors (Lipinski definition) is 4. The summed E-state index contributed by atoms with van der Waals surface area (Å²) in [4.78, 5) is 23.9. The number of likely N-dealkylation sites (N-methyl/N-ethyl adjacent to an activating group) is 1. The Morgan fingerprint density at radius 1 is 1.45 bits per heavy atom. The first kappa shape index (κ1) is 15.7. The third kappa shape index (κ3) is 3.84. The predicted molar refractivity (Wildman–Crippen MR) is 74.3 cm³/mol. The van der Waals surface area contributed by atoms with Crippen LogP contribution < -0.4 is 16.0 Å². The molecule has 0 saturated carbocycles. The van der Waals surface area contributed by atoms with Crippen molar-refractivity contribution < 1.29 is 19.1 Å². The number of nitrogens with two attached hydrogens (primary N) is 1. The number of carbonyl (C=O) groups excluding carboxylic acids is 1. The Bertz CT molecular complexity index is 520. The molecule has 0 aliphatic carbocycles. The summed E-state index contributed by atoms with van der Waals surface area (Å²) in [5.74, 6) is -2.17. The zero-order chi connectivity index (χ0) is 15.3. The van der Waals surface area contributed by atoms with E-state index in [2.05, 4.69) is 5.32 Å². The van der Waals surface area contributed by atoms with Gasteiger partial charge >= 0.3 is 5.97 Å². The molecule has 7 heteroatoms. The van der Waals surface area contributed by atoms with Crippen molar-refractivity contribution in [2.75, 3.05) is 30.8 Å². The van der Waals surface area contributed by atoms with Crippen LogP contribution in [0, 0.1) is 5.82 Å². The average Bonchev–Trinajstić information content (AvgIpc) is 2.35. The molecule has 0 radical (unpaired) electrons.